The second-order valence-corrected chi connectivity index (χ2v) is 8.80. The number of hydrogen-bond donors (Lipinski definition) is 0. The Morgan fingerprint density at radius 1 is 1.18 bits per heavy atom. The van der Waals surface area contributed by atoms with Crippen molar-refractivity contribution < 1.29 is 9.47 Å². The largest absolute Gasteiger partial charge is 0.489 e. The maximum absolute atomic E-state index is 12.5. The molecule has 172 valence electrons. The number of aromatic nitrogens is 4. The number of pyridine rings is 2. The van der Waals surface area contributed by atoms with E-state index < -0.39 is 0 Å². The molecule has 4 heterocycles. The van der Waals surface area contributed by atoms with Crippen LogP contribution in [0.25, 0.3) is 15.9 Å². The predicted octanol–water partition coefficient (Wildman–Crippen LogP) is 3.74. The van der Waals surface area contributed by atoms with E-state index in [0.717, 1.165) is 6.42 Å². The summed E-state index contributed by atoms with van der Waals surface area (Å²) in [6.45, 7) is 16.1. The molecule has 3 aromatic heterocycles. The van der Waals surface area contributed by atoms with Gasteiger partial charge in [0.25, 0.3) is 5.82 Å². The Morgan fingerprint density at radius 2 is 1.97 bits per heavy atom. The van der Waals surface area contributed by atoms with Crippen LogP contribution < -0.4 is 20.1 Å². The van der Waals surface area contributed by atoms with Crippen LogP contribution in [0, 0.1) is 12.5 Å². The van der Waals surface area contributed by atoms with Crippen molar-refractivity contribution >= 4 is 22.7 Å². The summed E-state index contributed by atoms with van der Waals surface area (Å²) in [5.41, 5.74) is 0.871. The zero-order chi connectivity index (χ0) is 23.7. The molecule has 4 rings (SSSR count). The van der Waals surface area contributed by atoms with Crippen LogP contribution in [0.2, 0.25) is 0 Å². The van der Waals surface area contributed by atoms with Gasteiger partial charge in [0.15, 0.2) is 5.82 Å². The van der Waals surface area contributed by atoms with Crippen molar-refractivity contribution in [2.45, 2.75) is 52.4 Å². The van der Waals surface area contributed by atoms with Crippen molar-refractivity contribution in [2.24, 2.45) is 13.0 Å². The van der Waals surface area contributed by atoms with Crippen molar-refractivity contribution in [3.8, 4) is 11.6 Å². The predicted molar refractivity (Wildman–Crippen MR) is 126 cm³/mol. The number of aryl methyl sites for hydroxylation is 1. The first-order chi connectivity index (χ1) is 15.8. The van der Waals surface area contributed by atoms with E-state index in [1.54, 1.807) is 25.4 Å². The van der Waals surface area contributed by atoms with Gasteiger partial charge in [0.05, 0.1) is 17.8 Å². The molecule has 33 heavy (non-hydrogen) atoms. The molecule has 9 heteroatoms. The zero-order valence-electron chi connectivity index (χ0n) is 19.5. The fourth-order valence-corrected chi connectivity index (χ4v) is 4.16. The molecule has 1 aliphatic rings. The highest BCUT2D eigenvalue weighted by atomic mass is 16.5. The Labute approximate surface area is 192 Å². The number of nitrogens with zero attached hydrogens (tertiary/aromatic N) is 6. The molecule has 0 N–H and O–H groups in total. The number of fused-ring (bicyclic) bond motifs is 1. The van der Waals surface area contributed by atoms with Crippen LogP contribution in [0.3, 0.4) is 0 Å². The van der Waals surface area contributed by atoms with Crippen molar-refractivity contribution in [3.05, 3.63) is 52.4 Å². The molecule has 3 aromatic rings. The minimum atomic E-state index is -0.346. The smallest absolute Gasteiger partial charge is 0.350 e. The molecule has 0 radical (unpaired) electrons. The average molecular weight is 449 g/mol. The van der Waals surface area contributed by atoms with Crippen LogP contribution in [-0.2, 0) is 7.05 Å². The maximum Gasteiger partial charge on any atom is 0.350 e. The normalized spacial score (nSPS) is 20.6. The Morgan fingerprint density at radius 3 is 2.64 bits per heavy atom. The van der Waals surface area contributed by atoms with E-state index >= 15 is 0 Å². The molecule has 0 saturated carbocycles. The van der Waals surface area contributed by atoms with E-state index in [9.17, 15) is 4.79 Å². The zero-order valence-corrected chi connectivity index (χ0v) is 19.5. The van der Waals surface area contributed by atoms with Crippen LogP contribution in [0.5, 0.6) is 11.6 Å². The van der Waals surface area contributed by atoms with Crippen LogP contribution in [0.1, 0.15) is 34.1 Å². The third-order valence-corrected chi connectivity index (χ3v) is 5.89. The van der Waals surface area contributed by atoms with E-state index in [4.69, 9.17) is 16.0 Å². The van der Waals surface area contributed by atoms with Gasteiger partial charge in [-0.3, -0.25) is 4.57 Å². The van der Waals surface area contributed by atoms with Gasteiger partial charge in [0.2, 0.25) is 11.4 Å². The van der Waals surface area contributed by atoms with Gasteiger partial charge >= 0.3 is 5.69 Å². The van der Waals surface area contributed by atoms with Crippen LogP contribution in [0.15, 0.2) is 35.3 Å². The molecular formula is C24H28N6O3. The Kier molecular flexibility index (Phi) is 6.18. The van der Waals surface area contributed by atoms with Gasteiger partial charge in [-0.25, -0.2) is 9.78 Å². The maximum atomic E-state index is 12.5. The Bertz CT molecular complexity index is 1250. The second-order valence-electron chi connectivity index (χ2n) is 8.80. The fraction of sp³-hybridized carbons (Fsp3) is 0.458. The first-order valence-electron chi connectivity index (χ1n) is 11.1. The van der Waals surface area contributed by atoms with Gasteiger partial charge in [-0.1, -0.05) is 13.5 Å². The van der Waals surface area contributed by atoms with Gasteiger partial charge < -0.3 is 19.2 Å². The Hall–Kier alpha value is -3.67. The molecule has 1 unspecified atom stereocenters. The van der Waals surface area contributed by atoms with Gasteiger partial charge in [-0.2, -0.15) is 4.98 Å². The summed E-state index contributed by atoms with van der Waals surface area (Å²) >= 11 is 0. The summed E-state index contributed by atoms with van der Waals surface area (Å²) < 4.78 is 13.3. The first-order valence-corrected chi connectivity index (χ1v) is 11.1. The lowest BCUT2D eigenvalue weighted by Gasteiger charge is -2.41. The van der Waals surface area contributed by atoms with Crippen molar-refractivity contribution in [2.75, 3.05) is 11.4 Å². The third kappa shape index (κ3) is 4.60. The molecule has 1 saturated heterocycles. The Balaban J connectivity index is 1.57. The summed E-state index contributed by atoms with van der Waals surface area (Å²) in [5, 5.41) is 0. The number of hydrogen-bond acceptors (Lipinski definition) is 7. The van der Waals surface area contributed by atoms with Gasteiger partial charge in [0.1, 0.15) is 11.9 Å². The van der Waals surface area contributed by atoms with Gasteiger partial charge in [-0.05, 0) is 39.0 Å². The lowest BCUT2D eigenvalue weighted by atomic mass is 9.91. The standard InChI is InChI=1S/C24H28N6O3/c1-14(2)32-17-7-10-21(26-12-17)33-19-11-16(4)30(13-15(19)3)23-22-18(29(6)24(31)28-23)8-9-20(25-5)27-22/h7-10,12,14-16,19H,11,13H2,1-4,6H3/t15-,16-,19?/m0/s1. The molecule has 1 fully saturated rings. The minimum absolute atomic E-state index is 0.0369. The number of ether oxygens (including phenoxy) is 2. The topological polar surface area (TPSA) is 86.7 Å². The lowest BCUT2D eigenvalue weighted by molar-refractivity contribution is 0.102. The van der Waals surface area contributed by atoms with Crippen molar-refractivity contribution in [3.63, 3.8) is 0 Å². The molecule has 0 aromatic carbocycles. The van der Waals surface area contributed by atoms with Gasteiger partial charge in [-0.15, -0.1) is 4.98 Å². The molecule has 9 nitrogen and oxygen atoms in total. The van der Waals surface area contributed by atoms with Gasteiger partial charge in [0, 0.05) is 38.0 Å². The van der Waals surface area contributed by atoms with Crippen molar-refractivity contribution in [1.29, 1.82) is 0 Å². The molecule has 3 atom stereocenters. The first kappa shape index (κ1) is 22.5. The quantitative estimate of drug-likeness (QED) is 0.550. The summed E-state index contributed by atoms with van der Waals surface area (Å²) in [4.78, 5) is 31.3. The number of piperidine rings is 1. The lowest BCUT2D eigenvalue weighted by Crippen LogP contribution is -2.50. The van der Waals surface area contributed by atoms with E-state index in [1.165, 1.54) is 4.57 Å². The monoisotopic (exact) mass is 448 g/mol. The third-order valence-electron chi connectivity index (χ3n) is 5.89. The molecule has 0 amide bonds. The van der Waals surface area contributed by atoms with E-state index in [2.05, 4.69) is 38.5 Å². The molecular weight excluding hydrogens is 420 g/mol. The summed E-state index contributed by atoms with van der Waals surface area (Å²) in [6.07, 6.45) is 2.46. The molecule has 1 aliphatic heterocycles. The van der Waals surface area contributed by atoms with E-state index in [0.29, 0.717) is 35.0 Å². The average Bonchev–Trinajstić information content (AvgIpc) is 2.79. The fourth-order valence-electron chi connectivity index (χ4n) is 4.16. The number of rotatable bonds is 5. The molecule has 0 aliphatic carbocycles. The SMILES string of the molecule is [C-]#[N+]c1ccc2c(n1)c(N1C[C@H](C)C(Oc3ccc(OC(C)C)cn3)C[C@@H]1C)nc(=O)n2C. The summed E-state index contributed by atoms with van der Waals surface area (Å²) in [6, 6.07) is 7.12. The van der Waals surface area contributed by atoms with Crippen LogP contribution in [0.4, 0.5) is 11.6 Å². The summed E-state index contributed by atoms with van der Waals surface area (Å²) in [7, 11) is 1.66. The number of anilines is 1. The van der Waals surface area contributed by atoms with Crippen LogP contribution >= 0.6 is 0 Å². The van der Waals surface area contributed by atoms with E-state index in [-0.39, 0.29) is 35.7 Å². The summed E-state index contributed by atoms with van der Waals surface area (Å²) in [5.74, 6) is 2.22. The highest BCUT2D eigenvalue weighted by Gasteiger charge is 2.35. The highest BCUT2D eigenvalue weighted by Crippen LogP contribution is 2.32. The van der Waals surface area contributed by atoms with Crippen LogP contribution in [-0.4, -0.2) is 44.3 Å². The van der Waals surface area contributed by atoms with Crippen molar-refractivity contribution in [1.82, 2.24) is 19.5 Å². The molecule has 0 spiro atoms. The minimum Gasteiger partial charge on any atom is -0.489 e. The van der Waals surface area contributed by atoms with E-state index in [1.807, 2.05) is 26.0 Å². The molecule has 0 bridgehead atoms. The highest BCUT2D eigenvalue weighted by molar-refractivity contribution is 5.87. The second kappa shape index (κ2) is 9.06.